The van der Waals surface area contributed by atoms with Gasteiger partial charge in [0.25, 0.3) is 0 Å². The summed E-state index contributed by atoms with van der Waals surface area (Å²) in [5.41, 5.74) is 7.20. The number of aryl methyl sites for hydroxylation is 3. The lowest BCUT2D eigenvalue weighted by atomic mass is 10.0. The molecule has 0 radical (unpaired) electrons. The first-order valence-electron chi connectivity index (χ1n) is 5.96. The minimum Gasteiger partial charge on any atom is -0.347 e. The molecule has 1 aliphatic heterocycles. The highest BCUT2D eigenvalue weighted by atomic mass is 15.0. The Morgan fingerprint density at radius 3 is 2.88 bits per heavy atom. The Balaban J connectivity index is 2.44. The predicted molar refractivity (Wildman–Crippen MR) is 67.8 cm³/mol. The molecule has 0 amide bonds. The van der Waals surface area contributed by atoms with E-state index in [-0.39, 0.29) is 0 Å². The topological polar surface area (TPSA) is 17.0 Å². The minimum atomic E-state index is 1.02. The molecule has 2 heteroatoms. The Kier molecular flexibility index (Phi) is 2.08. The summed E-state index contributed by atoms with van der Waals surface area (Å²) in [7, 11) is 2.20. The molecule has 0 saturated heterocycles. The molecule has 3 rings (SSSR count). The lowest BCUT2D eigenvalue weighted by molar-refractivity contribution is 0.622. The highest BCUT2D eigenvalue weighted by Crippen LogP contribution is 2.30. The van der Waals surface area contributed by atoms with Crippen LogP contribution in [-0.4, -0.2) is 11.1 Å². The van der Waals surface area contributed by atoms with Crippen LogP contribution >= 0.6 is 0 Å². The van der Waals surface area contributed by atoms with Crippen LogP contribution in [0.5, 0.6) is 0 Å². The van der Waals surface area contributed by atoms with Crippen LogP contribution in [0.15, 0.2) is 12.1 Å². The molecule has 0 aliphatic carbocycles. The molecule has 0 unspecified atom stereocenters. The summed E-state index contributed by atoms with van der Waals surface area (Å²) in [5.74, 6) is 0. The fraction of sp³-hybridized carbons (Fsp3) is 0.429. The monoisotopic (exact) mass is 214 g/mol. The second-order valence-corrected chi connectivity index (χ2v) is 4.89. The average Bonchev–Trinajstić information content (AvgIpc) is 2.54. The van der Waals surface area contributed by atoms with E-state index < -0.39 is 0 Å². The van der Waals surface area contributed by atoms with E-state index in [0.29, 0.717) is 0 Å². The van der Waals surface area contributed by atoms with Gasteiger partial charge in [-0.1, -0.05) is 6.07 Å². The number of benzene rings is 1. The molecule has 16 heavy (non-hydrogen) atoms. The van der Waals surface area contributed by atoms with Crippen LogP contribution in [0.1, 0.15) is 22.4 Å². The molecule has 1 aromatic carbocycles. The summed E-state index contributed by atoms with van der Waals surface area (Å²) in [5, 5.41) is 4.94. The number of rotatable bonds is 0. The van der Waals surface area contributed by atoms with Crippen LogP contribution in [0.3, 0.4) is 0 Å². The van der Waals surface area contributed by atoms with Gasteiger partial charge in [-0.25, -0.2) is 0 Å². The van der Waals surface area contributed by atoms with Gasteiger partial charge >= 0.3 is 0 Å². The number of hydrogen-bond donors (Lipinski definition) is 1. The molecule has 1 aromatic heterocycles. The van der Waals surface area contributed by atoms with Gasteiger partial charge in [0.15, 0.2) is 0 Å². The zero-order valence-corrected chi connectivity index (χ0v) is 10.2. The lowest BCUT2D eigenvalue weighted by Gasteiger charge is -2.14. The van der Waals surface area contributed by atoms with E-state index in [1.165, 1.54) is 33.3 Å². The van der Waals surface area contributed by atoms with Crippen molar-refractivity contribution < 1.29 is 0 Å². The third-order valence-corrected chi connectivity index (χ3v) is 3.72. The van der Waals surface area contributed by atoms with Crippen LogP contribution in [0.2, 0.25) is 0 Å². The number of aromatic nitrogens is 1. The Morgan fingerprint density at radius 1 is 1.25 bits per heavy atom. The normalized spacial score (nSPS) is 15.4. The smallest absolute Gasteiger partial charge is 0.0488 e. The van der Waals surface area contributed by atoms with E-state index in [1.807, 2.05) is 0 Å². The third kappa shape index (κ3) is 1.23. The maximum absolute atomic E-state index is 3.47. The van der Waals surface area contributed by atoms with Gasteiger partial charge in [0.2, 0.25) is 0 Å². The van der Waals surface area contributed by atoms with Crippen LogP contribution in [0.4, 0.5) is 0 Å². The summed E-state index contributed by atoms with van der Waals surface area (Å²) in [6.45, 7) is 6.53. The number of nitrogens with zero attached hydrogens (tertiary/aromatic N) is 1. The molecule has 1 N–H and O–H groups in total. The van der Waals surface area contributed by atoms with Gasteiger partial charge in [-0.15, -0.1) is 0 Å². The highest BCUT2D eigenvalue weighted by Gasteiger charge is 2.19. The van der Waals surface area contributed by atoms with Crippen LogP contribution in [0.25, 0.3) is 10.9 Å². The van der Waals surface area contributed by atoms with Gasteiger partial charge in [-0.3, -0.25) is 0 Å². The molecule has 0 fully saturated rings. The molecule has 2 heterocycles. The van der Waals surface area contributed by atoms with Crippen LogP contribution in [0, 0.1) is 13.8 Å². The maximum atomic E-state index is 3.47. The number of fused-ring (bicyclic) bond motifs is 3. The van der Waals surface area contributed by atoms with Gasteiger partial charge < -0.3 is 9.88 Å². The summed E-state index contributed by atoms with van der Waals surface area (Å²) >= 11 is 0. The van der Waals surface area contributed by atoms with E-state index >= 15 is 0 Å². The summed E-state index contributed by atoms with van der Waals surface area (Å²) in [4.78, 5) is 0. The quantitative estimate of drug-likeness (QED) is 0.712. The van der Waals surface area contributed by atoms with Gasteiger partial charge in [0.1, 0.15) is 0 Å². The molecular weight excluding hydrogens is 196 g/mol. The fourth-order valence-electron chi connectivity index (χ4n) is 3.02. The molecule has 0 spiro atoms. The number of hydrogen-bond acceptors (Lipinski definition) is 1. The molecule has 2 aromatic rings. The minimum absolute atomic E-state index is 1.02. The lowest BCUT2D eigenvalue weighted by Crippen LogP contribution is -2.24. The zero-order valence-electron chi connectivity index (χ0n) is 10.2. The Labute approximate surface area is 96.3 Å². The second kappa shape index (κ2) is 3.36. The van der Waals surface area contributed by atoms with Crippen molar-refractivity contribution in [3.05, 3.63) is 34.5 Å². The van der Waals surface area contributed by atoms with E-state index in [0.717, 1.165) is 19.5 Å². The van der Waals surface area contributed by atoms with Crippen molar-refractivity contribution in [2.24, 2.45) is 7.05 Å². The third-order valence-electron chi connectivity index (χ3n) is 3.72. The largest absolute Gasteiger partial charge is 0.347 e. The highest BCUT2D eigenvalue weighted by molar-refractivity contribution is 5.89. The number of nitrogens with one attached hydrogen (secondary N) is 1. The van der Waals surface area contributed by atoms with Gasteiger partial charge in [0.05, 0.1) is 0 Å². The van der Waals surface area contributed by atoms with Crippen molar-refractivity contribution in [3.63, 3.8) is 0 Å². The summed E-state index contributed by atoms with van der Waals surface area (Å²) < 4.78 is 2.38. The molecule has 0 atom stereocenters. The Bertz CT molecular complexity index is 564. The second-order valence-electron chi connectivity index (χ2n) is 4.89. The van der Waals surface area contributed by atoms with Crippen molar-refractivity contribution in [1.82, 2.24) is 9.88 Å². The van der Waals surface area contributed by atoms with Crippen molar-refractivity contribution in [2.75, 3.05) is 6.54 Å². The average molecular weight is 214 g/mol. The van der Waals surface area contributed by atoms with Gasteiger partial charge in [-0.05, 0) is 36.6 Å². The predicted octanol–water partition coefficient (Wildman–Crippen LogP) is 2.44. The van der Waals surface area contributed by atoms with Crippen molar-refractivity contribution in [2.45, 2.75) is 26.8 Å². The van der Waals surface area contributed by atoms with Crippen LogP contribution < -0.4 is 5.32 Å². The van der Waals surface area contributed by atoms with E-state index in [9.17, 15) is 0 Å². The SMILES string of the molecule is Cc1cc(C)c2c3c(n(C)c2c1)CCNC3. The fourth-order valence-corrected chi connectivity index (χ4v) is 3.02. The molecule has 84 valence electrons. The molecular formula is C14H18N2. The zero-order chi connectivity index (χ0) is 11.3. The van der Waals surface area contributed by atoms with Crippen molar-refractivity contribution in [3.8, 4) is 0 Å². The Hall–Kier alpha value is -1.28. The van der Waals surface area contributed by atoms with Gasteiger partial charge in [0, 0.05) is 43.2 Å². The maximum Gasteiger partial charge on any atom is 0.0488 e. The van der Waals surface area contributed by atoms with E-state index in [2.05, 4.69) is 42.9 Å². The first kappa shape index (κ1) is 9.91. The first-order chi connectivity index (χ1) is 7.68. The summed E-state index contributed by atoms with van der Waals surface area (Å²) in [6.07, 6.45) is 1.15. The first-order valence-corrected chi connectivity index (χ1v) is 5.96. The van der Waals surface area contributed by atoms with E-state index in [1.54, 1.807) is 0 Å². The standard InChI is InChI=1S/C14H18N2/c1-9-6-10(2)14-11-8-15-5-4-12(11)16(3)13(14)7-9/h6-7,15H,4-5,8H2,1-3H3. The van der Waals surface area contributed by atoms with Crippen molar-refractivity contribution >= 4 is 10.9 Å². The molecule has 2 nitrogen and oxygen atoms in total. The summed E-state index contributed by atoms with van der Waals surface area (Å²) in [6, 6.07) is 4.60. The molecule has 0 saturated carbocycles. The Morgan fingerprint density at radius 2 is 2.06 bits per heavy atom. The van der Waals surface area contributed by atoms with Crippen LogP contribution in [-0.2, 0) is 20.0 Å². The van der Waals surface area contributed by atoms with E-state index in [4.69, 9.17) is 0 Å². The molecule has 0 bridgehead atoms. The molecule has 1 aliphatic rings. The van der Waals surface area contributed by atoms with Gasteiger partial charge in [-0.2, -0.15) is 0 Å². The van der Waals surface area contributed by atoms with Crippen molar-refractivity contribution in [1.29, 1.82) is 0 Å².